The second kappa shape index (κ2) is 7.43. The van der Waals surface area contributed by atoms with Crippen molar-refractivity contribution in [2.24, 2.45) is 0 Å². The van der Waals surface area contributed by atoms with Gasteiger partial charge < -0.3 is 19.4 Å². The number of nitrogens with zero attached hydrogens (tertiary/aromatic N) is 1. The molecule has 1 fully saturated rings. The summed E-state index contributed by atoms with van der Waals surface area (Å²) in [6.07, 6.45) is -6.61. The molecule has 1 aliphatic heterocycles. The van der Waals surface area contributed by atoms with Crippen LogP contribution in [0.4, 0.5) is 13.2 Å². The zero-order chi connectivity index (χ0) is 19.6. The summed E-state index contributed by atoms with van der Waals surface area (Å²) in [5.74, 6) is -0.102. The van der Waals surface area contributed by atoms with Gasteiger partial charge in [0.2, 0.25) is 0 Å². The Morgan fingerprint density at radius 2 is 1.93 bits per heavy atom. The molecule has 2 heterocycles. The molecule has 144 valence electrons. The zero-order valence-electron chi connectivity index (χ0n) is 14.4. The molecule has 6 nitrogen and oxygen atoms in total. The average Bonchev–Trinajstić information content (AvgIpc) is 2.67. The van der Waals surface area contributed by atoms with Crippen LogP contribution in [-0.4, -0.2) is 54.9 Å². The lowest BCUT2D eigenvalue weighted by atomic mass is 10.1. The summed E-state index contributed by atoms with van der Waals surface area (Å²) in [6.45, 7) is -0.884. The first-order valence-electron chi connectivity index (χ1n) is 8.15. The van der Waals surface area contributed by atoms with Crippen molar-refractivity contribution in [2.45, 2.75) is 12.3 Å². The Bertz CT molecular complexity index is 877. The van der Waals surface area contributed by atoms with Gasteiger partial charge in [0, 0.05) is 12.2 Å². The molecule has 1 atom stereocenters. The molecule has 1 amide bonds. The molecule has 9 heteroatoms. The molecule has 0 bridgehead atoms. The maximum absolute atomic E-state index is 12.8. The number of aromatic amines is 1. The van der Waals surface area contributed by atoms with Crippen LogP contribution < -0.4 is 10.3 Å². The van der Waals surface area contributed by atoms with Crippen LogP contribution in [0.15, 0.2) is 41.2 Å². The molecule has 1 saturated heterocycles. The lowest BCUT2D eigenvalue weighted by Crippen LogP contribution is -2.51. The fourth-order valence-electron chi connectivity index (χ4n) is 2.78. The third-order valence-electron chi connectivity index (χ3n) is 4.26. The van der Waals surface area contributed by atoms with Gasteiger partial charge >= 0.3 is 6.18 Å². The van der Waals surface area contributed by atoms with Crippen molar-refractivity contribution in [3.8, 4) is 17.0 Å². The van der Waals surface area contributed by atoms with E-state index in [2.05, 4.69) is 9.72 Å². The molecule has 0 spiro atoms. The van der Waals surface area contributed by atoms with Gasteiger partial charge in [0.15, 0.2) is 6.10 Å². The van der Waals surface area contributed by atoms with Crippen molar-refractivity contribution in [3.05, 3.63) is 52.3 Å². The van der Waals surface area contributed by atoms with Crippen molar-refractivity contribution < 1.29 is 27.4 Å². The van der Waals surface area contributed by atoms with Gasteiger partial charge in [-0.3, -0.25) is 9.59 Å². The van der Waals surface area contributed by atoms with Crippen LogP contribution in [0, 0.1) is 0 Å². The van der Waals surface area contributed by atoms with E-state index in [0.717, 1.165) is 4.90 Å². The highest BCUT2D eigenvalue weighted by atomic mass is 19.4. The Kier molecular flexibility index (Phi) is 5.22. The summed E-state index contributed by atoms with van der Waals surface area (Å²) in [5, 5.41) is 0. The predicted octanol–water partition coefficient (Wildman–Crippen LogP) is 2.45. The van der Waals surface area contributed by atoms with Crippen molar-refractivity contribution in [3.63, 3.8) is 0 Å². The summed E-state index contributed by atoms with van der Waals surface area (Å²) < 4.78 is 48.2. The van der Waals surface area contributed by atoms with E-state index in [1.165, 1.54) is 19.2 Å². The number of aromatic nitrogens is 1. The molecule has 0 saturated carbocycles. The third kappa shape index (κ3) is 4.13. The summed E-state index contributed by atoms with van der Waals surface area (Å²) >= 11 is 0. The van der Waals surface area contributed by atoms with E-state index >= 15 is 0 Å². The second-order valence-corrected chi connectivity index (χ2v) is 6.00. The highest BCUT2D eigenvalue weighted by molar-refractivity contribution is 5.94. The molecular formula is C18H17F3N2O4. The summed E-state index contributed by atoms with van der Waals surface area (Å²) in [6, 6.07) is 9.77. The van der Waals surface area contributed by atoms with Crippen molar-refractivity contribution in [1.82, 2.24) is 9.88 Å². The maximum atomic E-state index is 12.8. The largest absolute Gasteiger partial charge is 0.497 e. The van der Waals surface area contributed by atoms with Gasteiger partial charge in [-0.05, 0) is 42.0 Å². The maximum Gasteiger partial charge on any atom is 0.416 e. The number of hydrogen-bond donors (Lipinski definition) is 1. The van der Waals surface area contributed by atoms with E-state index in [-0.39, 0.29) is 18.7 Å². The zero-order valence-corrected chi connectivity index (χ0v) is 14.4. The van der Waals surface area contributed by atoms with Gasteiger partial charge in [-0.1, -0.05) is 0 Å². The highest BCUT2D eigenvalue weighted by Crippen LogP contribution is 2.26. The molecule has 27 heavy (non-hydrogen) atoms. The van der Waals surface area contributed by atoms with Crippen molar-refractivity contribution >= 4 is 5.91 Å². The first-order chi connectivity index (χ1) is 12.8. The molecule has 1 aromatic heterocycles. The number of H-pyrrole nitrogens is 1. The number of nitrogens with one attached hydrogen (secondary N) is 1. The molecule has 0 aliphatic carbocycles. The minimum Gasteiger partial charge on any atom is -0.497 e. The summed E-state index contributed by atoms with van der Waals surface area (Å²) in [4.78, 5) is 28.4. The van der Waals surface area contributed by atoms with Crippen molar-refractivity contribution in [2.75, 3.05) is 26.8 Å². The van der Waals surface area contributed by atoms with Crippen LogP contribution in [0.25, 0.3) is 11.3 Å². The fourth-order valence-corrected chi connectivity index (χ4v) is 2.78. The quantitative estimate of drug-likeness (QED) is 0.885. The van der Waals surface area contributed by atoms with E-state index < -0.39 is 30.3 Å². The first kappa shape index (κ1) is 19.0. The number of rotatable bonds is 3. The normalized spacial score (nSPS) is 17.6. The number of ether oxygens (including phenoxy) is 2. The van der Waals surface area contributed by atoms with Gasteiger partial charge in [0.05, 0.1) is 20.3 Å². The molecule has 0 unspecified atom stereocenters. The van der Waals surface area contributed by atoms with E-state index in [4.69, 9.17) is 4.74 Å². The van der Waals surface area contributed by atoms with Crippen LogP contribution >= 0.6 is 0 Å². The Labute approximate surface area is 152 Å². The number of carbonyl (C=O) groups excluding carboxylic acids is 1. The molecule has 1 aromatic carbocycles. The first-order valence-corrected chi connectivity index (χ1v) is 8.15. The summed E-state index contributed by atoms with van der Waals surface area (Å²) in [7, 11) is 1.53. The van der Waals surface area contributed by atoms with Gasteiger partial charge in [0.1, 0.15) is 11.3 Å². The second-order valence-electron chi connectivity index (χ2n) is 6.00. The van der Waals surface area contributed by atoms with E-state index in [1.54, 1.807) is 24.3 Å². The highest BCUT2D eigenvalue weighted by Gasteiger charge is 2.44. The Hall–Kier alpha value is -2.81. The third-order valence-corrected chi connectivity index (χ3v) is 4.26. The molecule has 3 rings (SSSR count). The lowest BCUT2D eigenvalue weighted by molar-refractivity contribution is -0.233. The van der Waals surface area contributed by atoms with E-state index in [1.807, 2.05) is 0 Å². The Balaban J connectivity index is 1.80. The number of hydrogen-bond acceptors (Lipinski definition) is 4. The van der Waals surface area contributed by atoms with Crippen LogP contribution in [0.1, 0.15) is 10.4 Å². The lowest BCUT2D eigenvalue weighted by Gasteiger charge is -2.33. The van der Waals surface area contributed by atoms with Crippen LogP contribution in [0.3, 0.4) is 0 Å². The average molecular weight is 382 g/mol. The van der Waals surface area contributed by atoms with Crippen LogP contribution in [0.5, 0.6) is 5.75 Å². The van der Waals surface area contributed by atoms with Gasteiger partial charge in [-0.25, -0.2) is 0 Å². The van der Waals surface area contributed by atoms with Crippen molar-refractivity contribution in [1.29, 1.82) is 0 Å². The predicted molar refractivity (Wildman–Crippen MR) is 90.7 cm³/mol. The van der Waals surface area contributed by atoms with E-state index in [0.29, 0.717) is 17.0 Å². The minimum absolute atomic E-state index is 0.00884. The minimum atomic E-state index is -4.57. The van der Waals surface area contributed by atoms with Gasteiger partial charge in [0.25, 0.3) is 11.5 Å². The number of halogens is 3. The number of alkyl halides is 3. The molecular weight excluding hydrogens is 365 g/mol. The van der Waals surface area contributed by atoms with E-state index in [9.17, 15) is 22.8 Å². The van der Waals surface area contributed by atoms with Crippen LogP contribution in [0.2, 0.25) is 0 Å². The Morgan fingerprint density at radius 1 is 1.22 bits per heavy atom. The molecule has 2 aromatic rings. The standard InChI is InChI=1S/C18H17F3N2O4/c1-26-12-4-2-11(3-5-12)14-7-6-13(16(24)22-14)17(25)23-8-9-27-15(10-23)18(19,20)21/h2-7,15H,8-10H2,1H3,(H,22,24)/t15-/m0/s1. The smallest absolute Gasteiger partial charge is 0.416 e. The number of benzene rings is 1. The number of pyridine rings is 1. The number of methoxy groups -OCH3 is 1. The Morgan fingerprint density at radius 3 is 2.52 bits per heavy atom. The number of carbonyl (C=O) groups is 1. The molecule has 1 N–H and O–H groups in total. The molecule has 0 radical (unpaired) electrons. The van der Waals surface area contributed by atoms with Gasteiger partial charge in [-0.15, -0.1) is 0 Å². The monoisotopic (exact) mass is 382 g/mol. The molecule has 1 aliphatic rings. The SMILES string of the molecule is COc1ccc(-c2ccc(C(=O)N3CCO[C@H](C(F)(F)F)C3)c(=O)[nH]2)cc1. The fraction of sp³-hybridized carbons (Fsp3) is 0.333. The number of amides is 1. The van der Waals surface area contributed by atoms with Gasteiger partial charge in [-0.2, -0.15) is 13.2 Å². The van der Waals surface area contributed by atoms with Crippen LogP contribution in [-0.2, 0) is 4.74 Å². The summed E-state index contributed by atoms with van der Waals surface area (Å²) in [5.41, 5.74) is 0.309. The number of morpholine rings is 1. The topological polar surface area (TPSA) is 71.6 Å².